The monoisotopic (exact) mass is 437 g/mol. The van der Waals surface area contributed by atoms with E-state index in [0.29, 0.717) is 23.7 Å². The van der Waals surface area contributed by atoms with Gasteiger partial charge >= 0.3 is 0 Å². The molecule has 1 heterocycles. The Morgan fingerprint density at radius 2 is 1.71 bits per heavy atom. The first-order valence-electron chi connectivity index (χ1n) is 10.3. The van der Waals surface area contributed by atoms with Gasteiger partial charge in [0.2, 0.25) is 5.91 Å². The van der Waals surface area contributed by atoms with E-state index in [1.165, 1.54) is 0 Å². The lowest BCUT2D eigenvalue weighted by Crippen LogP contribution is -2.45. The summed E-state index contributed by atoms with van der Waals surface area (Å²) in [6, 6.07) is 20.5. The van der Waals surface area contributed by atoms with E-state index in [-0.39, 0.29) is 24.4 Å². The number of aryl methyl sites for hydroxylation is 1. The summed E-state index contributed by atoms with van der Waals surface area (Å²) < 4.78 is 2.00. The topological polar surface area (TPSA) is 45.6 Å². The molecule has 0 unspecified atom stereocenters. The average Bonchev–Trinajstić information content (AvgIpc) is 3.16. The molecular formula is C25H28ClN3O2. The molecule has 0 aliphatic heterocycles. The molecule has 3 rings (SSSR count). The molecule has 31 heavy (non-hydrogen) atoms. The molecule has 0 spiro atoms. The molecule has 2 aromatic carbocycles. The van der Waals surface area contributed by atoms with Gasteiger partial charge in [-0.15, -0.1) is 0 Å². The lowest BCUT2D eigenvalue weighted by Gasteiger charge is -2.30. The van der Waals surface area contributed by atoms with Crippen LogP contribution in [-0.2, 0) is 24.9 Å². The van der Waals surface area contributed by atoms with Gasteiger partial charge in [0, 0.05) is 42.1 Å². The number of amides is 2. The van der Waals surface area contributed by atoms with Crippen LogP contribution in [-0.4, -0.2) is 38.8 Å². The Hall–Kier alpha value is -3.05. The molecule has 3 aromatic rings. The highest BCUT2D eigenvalue weighted by molar-refractivity contribution is 6.31. The summed E-state index contributed by atoms with van der Waals surface area (Å²) in [5.74, 6) is -0.307. The van der Waals surface area contributed by atoms with Crippen molar-refractivity contribution in [2.75, 3.05) is 6.54 Å². The Morgan fingerprint density at radius 3 is 2.32 bits per heavy atom. The van der Waals surface area contributed by atoms with E-state index >= 15 is 0 Å². The van der Waals surface area contributed by atoms with Gasteiger partial charge in [-0.25, -0.2) is 0 Å². The molecule has 2 amide bonds. The van der Waals surface area contributed by atoms with Crippen LogP contribution in [0.25, 0.3) is 0 Å². The molecule has 0 atom stereocenters. The highest BCUT2D eigenvalue weighted by Crippen LogP contribution is 2.16. The summed E-state index contributed by atoms with van der Waals surface area (Å²) >= 11 is 6.07. The predicted molar refractivity (Wildman–Crippen MR) is 124 cm³/mol. The number of benzene rings is 2. The zero-order valence-corrected chi connectivity index (χ0v) is 18.9. The van der Waals surface area contributed by atoms with Crippen LogP contribution in [0.2, 0.25) is 5.02 Å². The van der Waals surface area contributed by atoms with Crippen molar-refractivity contribution in [3.8, 4) is 0 Å². The number of hydrogen-bond donors (Lipinski definition) is 0. The van der Waals surface area contributed by atoms with Gasteiger partial charge in [-0.05, 0) is 49.7 Å². The van der Waals surface area contributed by atoms with Crippen LogP contribution in [0.5, 0.6) is 0 Å². The van der Waals surface area contributed by atoms with Gasteiger partial charge in [0.1, 0.15) is 6.54 Å². The zero-order chi connectivity index (χ0) is 22.4. The van der Waals surface area contributed by atoms with Crippen molar-refractivity contribution < 1.29 is 9.59 Å². The smallest absolute Gasteiger partial charge is 0.254 e. The fourth-order valence-electron chi connectivity index (χ4n) is 3.41. The number of hydrogen-bond acceptors (Lipinski definition) is 2. The third kappa shape index (κ3) is 5.98. The fraction of sp³-hybridized carbons (Fsp3) is 0.280. The molecule has 0 aliphatic rings. The maximum atomic E-state index is 13.4. The minimum Gasteiger partial charge on any atom is -0.353 e. The highest BCUT2D eigenvalue weighted by Gasteiger charge is 2.25. The van der Waals surface area contributed by atoms with E-state index in [1.54, 1.807) is 34.1 Å². The maximum absolute atomic E-state index is 13.4. The highest BCUT2D eigenvalue weighted by atomic mass is 35.5. The second-order valence-electron chi connectivity index (χ2n) is 7.88. The standard InChI is InChI=1S/C25H28ClN3O2/c1-19(2)29(25(31)21-11-7-12-22(26)15-21)18-24(30)28(16-20-9-5-4-6-10-20)17-23-13-8-14-27(23)3/h4-15,19H,16-18H2,1-3H3. The minimum absolute atomic E-state index is 0.000268. The van der Waals surface area contributed by atoms with E-state index in [1.807, 2.05) is 74.1 Å². The number of rotatable bonds is 8. The van der Waals surface area contributed by atoms with Gasteiger partial charge in [-0.3, -0.25) is 9.59 Å². The second-order valence-corrected chi connectivity index (χ2v) is 8.32. The normalized spacial score (nSPS) is 10.9. The van der Waals surface area contributed by atoms with Gasteiger partial charge in [-0.1, -0.05) is 48.0 Å². The number of aromatic nitrogens is 1. The Bertz CT molecular complexity index is 1030. The van der Waals surface area contributed by atoms with Gasteiger partial charge in [0.05, 0.1) is 6.54 Å². The predicted octanol–water partition coefficient (Wildman–Crippen LogP) is 4.76. The molecule has 0 saturated heterocycles. The Kier molecular flexibility index (Phi) is 7.53. The van der Waals surface area contributed by atoms with Crippen molar-refractivity contribution >= 4 is 23.4 Å². The van der Waals surface area contributed by atoms with E-state index in [2.05, 4.69) is 0 Å². The van der Waals surface area contributed by atoms with Crippen LogP contribution >= 0.6 is 11.6 Å². The summed E-state index contributed by atoms with van der Waals surface area (Å²) in [5.41, 5.74) is 2.55. The molecule has 0 aliphatic carbocycles. The first kappa shape index (κ1) is 22.6. The minimum atomic E-state index is -0.204. The molecule has 0 bridgehead atoms. The van der Waals surface area contributed by atoms with Crippen LogP contribution in [0.1, 0.15) is 35.5 Å². The van der Waals surface area contributed by atoms with E-state index in [9.17, 15) is 9.59 Å². The third-order valence-electron chi connectivity index (χ3n) is 5.23. The van der Waals surface area contributed by atoms with Crippen molar-refractivity contribution in [1.29, 1.82) is 0 Å². The van der Waals surface area contributed by atoms with Crippen molar-refractivity contribution in [3.63, 3.8) is 0 Å². The van der Waals surface area contributed by atoms with Crippen molar-refractivity contribution in [1.82, 2.24) is 14.4 Å². The molecule has 0 N–H and O–H groups in total. The Morgan fingerprint density at radius 1 is 0.968 bits per heavy atom. The summed E-state index contributed by atoms with van der Waals surface area (Å²) in [7, 11) is 1.96. The Balaban J connectivity index is 1.82. The quantitative estimate of drug-likeness (QED) is 0.510. The van der Waals surface area contributed by atoms with Crippen LogP contribution in [0.4, 0.5) is 0 Å². The fourth-order valence-corrected chi connectivity index (χ4v) is 3.60. The SMILES string of the molecule is CC(C)N(CC(=O)N(Cc1ccccc1)Cc1cccn1C)C(=O)c1cccc(Cl)c1. The number of carbonyl (C=O) groups is 2. The molecule has 6 heteroatoms. The van der Waals surface area contributed by atoms with Crippen LogP contribution in [0.3, 0.4) is 0 Å². The van der Waals surface area contributed by atoms with Crippen LogP contribution < -0.4 is 0 Å². The molecule has 162 valence electrons. The van der Waals surface area contributed by atoms with Crippen LogP contribution in [0.15, 0.2) is 72.9 Å². The lowest BCUT2D eigenvalue weighted by atomic mass is 10.1. The first-order valence-corrected chi connectivity index (χ1v) is 10.7. The summed E-state index contributed by atoms with van der Waals surface area (Å²) in [6.45, 7) is 4.76. The molecular weight excluding hydrogens is 410 g/mol. The van der Waals surface area contributed by atoms with E-state index < -0.39 is 0 Å². The lowest BCUT2D eigenvalue weighted by molar-refractivity contribution is -0.133. The molecule has 0 saturated carbocycles. The van der Waals surface area contributed by atoms with Crippen molar-refractivity contribution in [3.05, 3.63) is 94.8 Å². The summed E-state index contributed by atoms with van der Waals surface area (Å²) in [4.78, 5) is 29.9. The zero-order valence-electron chi connectivity index (χ0n) is 18.2. The number of carbonyl (C=O) groups excluding carboxylic acids is 2. The second kappa shape index (κ2) is 10.3. The largest absolute Gasteiger partial charge is 0.353 e. The number of nitrogens with zero attached hydrogens (tertiary/aromatic N) is 3. The molecule has 0 fully saturated rings. The third-order valence-corrected chi connectivity index (χ3v) is 5.47. The average molecular weight is 438 g/mol. The van der Waals surface area contributed by atoms with Gasteiger partial charge in [-0.2, -0.15) is 0 Å². The molecule has 1 aromatic heterocycles. The summed E-state index contributed by atoms with van der Waals surface area (Å²) in [6.07, 6.45) is 1.96. The van der Waals surface area contributed by atoms with Crippen molar-refractivity contribution in [2.24, 2.45) is 7.05 Å². The Labute approximate surface area is 188 Å². The van der Waals surface area contributed by atoms with Gasteiger partial charge in [0.15, 0.2) is 0 Å². The molecule has 5 nitrogen and oxygen atoms in total. The summed E-state index contributed by atoms with van der Waals surface area (Å²) in [5, 5.41) is 0.496. The van der Waals surface area contributed by atoms with Gasteiger partial charge in [0.25, 0.3) is 5.91 Å². The number of halogens is 1. The van der Waals surface area contributed by atoms with E-state index in [4.69, 9.17) is 11.6 Å². The first-order chi connectivity index (χ1) is 14.8. The van der Waals surface area contributed by atoms with E-state index in [0.717, 1.165) is 11.3 Å². The maximum Gasteiger partial charge on any atom is 0.254 e. The van der Waals surface area contributed by atoms with Crippen molar-refractivity contribution in [2.45, 2.75) is 33.0 Å². The van der Waals surface area contributed by atoms with Gasteiger partial charge < -0.3 is 14.4 Å². The van der Waals surface area contributed by atoms with Crippen LogP contribution in [0, 0.1) is 0 Å². The molecule has 0 radical (unpaired) electrons.